The number of ketones is 2. The molecule has 0 fully saturated rings. The summed E-state index contributed by atoms with van der Waals surface area (Å²) in [6.45, 7) is 0.815. The summed E-state index contributed by atoms with van der Waals surface area (Å²) < 4.78 is 10.1. The van der Waals surface area contributed by atoms with Crippen LogP contribution in [0.5, 0.6) is 0 Å². The van der Waals surface area contributed by atoms with Crippen molar-refractivity contribution in [1.82, 2.24) is 0 Å². The standard InChI is InChI=1S/C28H23ClN2O9/c1-17(27(35)20-5-2-6-21(29)14-20)40-26(34)13-12-25(33)30-22-10-8-18(9-11-22)28(36)39-16-24(32)19-4-3-7-23(15-19)31(37)38/h2-11,14-15,17H,12-13,16H2,1H3,(H,30,33). The van der Waals surface area contributed by atoms with Crippen molar-refractivity contribution in [3.05, 3.63) is 105 Å². The lowest BCUT2D eigenvalue weighted by Crippen LogP contribution is -2.25. The number of nitro benzene ring substituents is 1. The lowest BCUT2D eigenvalue weighted by Gasteiger charge is -2.12. The number of Topliss-reactive ketones (excluding diaryl/α,β-unsaturated/α-hetero) is 2. The second-order valence-electron chi connectivity index (χ2n) is 8.44. The molecule has 0 spiro atoms. The first-order valence-electron chi connectivity index (χ1n) is 11.9. The molecular formula is C28H23ClN2O9. The number of carbonyl (C=O) groups is 5. The number of nitro groups is 1. The van der Waals surface area contributed by atoms with E-state index in [9.17, 15) is 34.1 Å². The molecule has 1 N–H and O–H groups in total. The Morgan fingerprint density at radius 1 is 0.900 bits per heavy atom. The van der Waals surface area contributed by atoms with Crippen LogP contribution in [0.1, 0.15) is 50.8 Å². The fourth-order valence-corrected chi connectivity index (χ4v) is 3.60. The molecule has 3 aromatic rings. The van der Waals surface area contributed by atoms with E-state index in [2.05, 4.69) is 5.32 Å². The summed E-state index contributed by atoms with van der Waals surface area (Å²) in [6.07, 6.45) is -1.52. The van der Waals surface area contributed by atoms with Crippen molar-refractivity contribution in [3.63, 3.8) is 0 Å². The minimum absolute atomic E-state index is 0.0334. The Hall–Kier alpha value is -4.90. The van der Waals surface area contributed by atoms with Gasteiger partial charge in [0, 0.05) is 40.4 Å². The van der Waals surface area contributed by atoms with E-state index in [1.165, 1.54) is 55.5 Å². The molecule has 11 nitrogen and oxygen atoms in total. The van der Waals surface area contributed by atoms with E-state index < -0.39 is 47.0 Å². The van der Waals surface area contributed by atoms with Crippen molar-refractivity contribution in [2.24, 2.45) is 0 Å². The number of rotatable bonds is 12. The van der Waals surface area contributed by atoms with Crippen molar-refractivity contribution < 1.29 is 38.4 Å². The molecule has 0 aliphatic rings. The van der Waals surface area contributed by atoms with Gasteiger partial charge in [0.2, 0.25) is 17.5 Å². The van der Waals surface area contributed by atoms with Gasteiger partial charge in [0.1, 0.15) is 0 Å². The van der Waals surface area contributed by atoms with E-state index in [0.717, 1.165) is 6.07 Å². The summed E-state index contributed by atoms with van der Waals surface area (Å²) in [5, 5.41) is 13.8. The smallest absolute Gasteiger partial charge is 0.338 e. The number of esters is 2. The van der Waals surface area contributed by atoms with Gasteiger partial charge in [0.05, 0.1) is 16.9 Å². The van der Waals surface area contributed by atoms with Gasteiger partial charge < -0.3 is 14.8 Å². The van der Waals surface area contributed by atoms with E-state index in [4.69, 9.17) is 21.1 Å². The molecule has 0 aliphatic carbocycles. The summed E-state index contributed by atoms with van der Waals surface area (Å²) >= 11 is 5.88. The summed E-state index contributed by atoms with van der Waals surface area (Å²) in [5.74, 6) is -3.06. The molecule has 3 aromatic carbocycles. The largest absolute Gasteiger partial charge is 0.454 e. The number of carbonyl (C=O) groups excluding carboxylic acids is 5. The number of nitrogens with one attached hydrogen (secondary N) is 1. The van der Waals surface area contributed by atoms with Crippen LogP contribution >= 0.6 is 11.6 Å². The molecule has 0 heterocycles. The fourth-order valence-electron chi connectivity index (χ4n) is 3.41. The van der Waals surface area contributed by atoms with Crippen molar-refractivity contribution in [2.45, 2.75) is 25.9 Å². The van der Waals surface area contributed by atoms with Gasteiger partial charge in [-0.25, -0.2) is 4.79 Å². The molecule has 3 rings (SSSR count). The number of anilines is 1. The first kappa shape index (κ1) is 29.7. The van der Waals surface area contributed by atoms with Gasteiger partial charge in [-0.05, 0) is 43.3 Å². The Morgan fingerprint density at radius 3 is 2.25 bits per heavy atom. The number of hydrogen-bond acceptors (Lipinski definition) is 9. The van der Waals surface area contributed by atoms with Crippen LogP contribution in [0.3, 0.4) is 0 Å². The lowest BCUT2D eigenvalue weighted by atomic mass is 10.1. The van der Waals surface area contributed by atoms with Crippen molar-refractivity contribution in [1.29, 1.82) is 0 Å². The number of amides is 1. The van der Waals surface area contributed by atoms with E-state index in [0.29, 0.717) is 16.3 Å². The molecule has 1 amide bonds. The highest BCUT2D eigenvalue weighted by Gasteiger charge is 2.20. The van der Waals surface area contributed by atoms with Gasteiger partial charge in [0.25, 0.3) is 5.69 Å². The van der Waals surface area contributed by atoms with E-state index in [1.54, 1.807) is 18.2 Å². The molecule has 0 aliphatic heterocycles. The predicted molar refractivity (Wildman–Crippen MR) is 143 cm³/mol. The van der Waals surface area contributed by atoms with Crippen LogP contribution in [-0.4, -0.2) is 47.0 Å². The normalized spacial score (nSPS) is 11.2. The quantitative estimate of drug-likeness (QED) is 0.140. The SMILES string of the molecule is CC(OC(=O)CCC(=O)Nc1ccc(C(=O)OCC(=O)c2cccc([N+](=O)[O-])c2)cc1)C(=O)c1cccc(Cl)c1. The minimum atomic E-state index is -1.05. The van der Waals surface area contributed by atoms with Gasteiger partial charge in [0.15, 0.2) is 12.7 Å². The monoisotopic (exact) mass is 566 g/mol. The first-order chi connectivity index (χ1) is 19.0. The topological polar surface area (TPSA) is 159 Å². The maximum Gasteiger partial charge on any atom is 0.338 e. The predicted octanol–water partition coefficient (Wildman–Crippen LogP) is 4.82. The molecule has 1 unspecified atom stereocenters. The molecule has 1 atom stereocenters. The van der Waals surface area contributed by atoms with Gasteiger partial charge in [-0.15, -0.1) is 0 Å². The van der Waals surface area contributed by atoms with Gasteiger partial charge in [-0.3, -0.25) is 29.3 Å². The van der Waals surface area contributed by atoms with Crippen LogP contribution in [0.25, 0.3) is 0 Å². The number of ether oxygens (including phenoxy) is 2. The maximum atomic E-state index is 12.4. The number of nitrogens with zero attached hydrogens (tertiary/aromatic N) is 1. The molecular weight excluding hydrogens is 544 g/mol. The average Bonchev–Trinajstić information content (AvgIpc) is 2.94. The van der Waals surface area contributed by atoms with Crippen LogP contribution in [0, 0.1) is 10.1 Å². The molecule has 0 aromatic heterocycles. The third-order valence-corrected chi connectivity index (χ3v) is 5.70. The zero-order valence-electron chi connectivity index (χ0n) is 21.1. The zero-order chi connectivity index (χ0) is 29.2. The van der Waals surface area contributed by atoms with Crippen LogP contribution < -0.4 is 5.32 Å². The van der Waals surface area contributed by atoms with Gasteiger partial charge in [-0.2, -0.15) is 0 Å². The lowest BCUT2D eigenvalue weighted by molar-refractivity contribution is -0.384. The summed E-state index contributed by atoms with van der Waals surface area (Å²) in [7, 11) is 0. The third kappa shape index (κ3) is 8.57. The highest BCUT2D eigenvalue weighted by molar-refractivity contribution is 6.31. The molecule has 0 bridgehead atoms. The van der Waals surface area contributed by atoms with Crippen molar-refractivity contribution in [2.75, 3.05) is 11.9 Å². The average molecular weight is 567 g/mol. The number of benzene rings is 3. The van der Waals surface area contributed by atoms with Crippen LogP contribution in [-0.2, 0) is 19.1 Å². The Morgan fingerprint density at radius 2 is 1.57 bits per heavy atom. The minimum Gasteiger partial charge on any atom is -0.454 e. The Labute approximate surface area is 233 Å². The van der Waals surface area contributed by atoms with E-state index >= 15 is 0 Å². The van der Waals surface area contributed by atoms with Gasteiger partial charge >= 0.3 is 11.9 Å². The van der Waals surface area contributed by atoms with Crippen LogP contribution in [0.2, 0.25) is 5.02 Å². The maximum absolute atomic E-state index is 12.4. The number of halogens is 1. The second kappa shape index (κ2) is 13.8. The molecule has 0 saturated carbocycles. The Balaban J connectivity index is 1.43. The molecule has 0 saturated heterocycles. The zero-order valence-corrected chi connectivity index (χ0v) is 21.9. The fraction of sp³-hybridized carbons (Fsp3) is 0.179. The molecule has 12 heteroatoms. The molecule has 206 valence electrons. The number of hydrogen-bond donors (Lipinski definition) is 1. The second-order valence-corrected chi connectivity index (χ2v) is 8.88. The third-order valence-electron chi connectivity index (χ3n) is 5.46. The molecule has 40 heavy (non-hydrogen) atoms. The highest BCUT2D eigenvalue weighted by atomic mass is 35.5. The van der Waals surface area contributed by atoms with Crippen LogP contribution in [0.4, 0.5) is 11.4 Å². The summed E-state index contributed by atoms with van der Waals surface area (Å²) in [6, 6.07) is 16.9. The van der Waals surface area contributed by atoms with Gasteiger partial charge in [-0.1, -0.05) is 35.9 Å². The highest BCUT2D eigenvalue weighted by Crippen LogP contribution is 2.16. The Kier molecular flexibility index (Phi) is 10.2. The van der Waals surface area contributed by atoms with E-state index in [1.807, 2.05) is 0 Å². The van der Waals surface area contributed by atoms with Crippen molar-refractivity contribution in [3.8, 4) is 0 Å². The summed E-state index contributed by atoms with van der Waals surface area (Å²) in [4.78, 5) is 71.4. The molecule has 0 radical (unpaired) electrons. The van der Waals surface area contributed by atoms with Crippen molar-refractivity contribution >= 4 is 52.4 Å². The Bertz CT molecular complexity index is 1450. The van der Waals surface area contributed by atoms with Crippen LogP contribution in [0.15, 0.2) is 72.8 Å². The number of non-ortho nitro benzene ring substituents is 1. The van der Waals surface area contributed by atoms with E-state index in [-0.39, 0.29) is 29.7 Å². The first-order valence-corrected chi connectivity index (χ1v) is 12.2. The summed E-state index contributed by atoms with van der Waals surface area (Å²) in [5.41, 5.74) is 0.516.